The average molecular weight is 285 g/mol. The minimum atomic E-state index is -3.58. The Morgan fingerprint density at radius 2 is 2.00 bits per heavy atom. The highest BCUT2D eigenvalue weighted by Gasteiger charge is 2.16. The van der Waals surface area contributed by atoms with E-state index in [0.29, 0.717) is 0 Å². The van der Waals surface area contributed by atoms with Crippen LogP contribution >= 0.6 is 0 Å². The van der Waals surface area contributed by atoms with Crippen LogP contribution in [0.1, 0.15) is 10.6 Å². The summed E-state index contributed by atoms with van der Waals surface area (Å²) in [6.45, 7) is 0. The molecule has 1 heterocycles. The zero-order valence-electron chi connectivity index (χ0n) is 9.62. The number of carboxylic acids is 1. The van der Waals surface area contributed by atoms with Gasteiger partial charge in [0.15, 0.2) is 9.84 Å². The lowest BCUT2D eigenvalue weighted by atomic mass is 10.1. The molecule has 0 aliphatic heterocycles. The molecule has 19 heavy (non-hydrogen) atoms. The number of hydrogen-bond donors (Lipinski definition) is 1. The molecule has 1 aromatic heterocycles. The van der Waals surface area contributed by atoms with Crippen molar-refractivity contribution in [1.82, 2.24) is 5.16 Å². The fourth-order valence-electron chi connectivity index (χ4n) is 1.44. The van der Waals surface area contributed by atoms with Gasteiger partial charge in [-0.3, -0.25) is 0 Å². The summed E-state index contributed by atoms with van der Waals surface area (Å²) in [5, 5.41) is 12.1. The molecule has 0 saturated heterocycles. The van der Waals surface area contributed by atoms with Crippen molar-refractivity contribution in [2.45, 2.75) is 4.90 Å². The monoisotopic (exact) mass is 285 g/mol. The second kappa shape index (κ2) is 4.47. The van der Waals surface area contributed by atoms with Crippen molar-refractivity contribution in [3.05, 3.63) is 35.8 Å². The Hall–Kier alpha value is -2.22. The molecule has 0 amide bonds. The molecule has 0 spiro atoms. The Morgan fingerprint density at radius 1 is 1.32 bits per heavy atom. The fourth-order valence-corrected chi connectivity index (χ4v) is 2.10. The number of nitrogens with zero attached hydrogens (tertiary/aromatic N) is 1. The first kappa shape index (κ1) is 13.2. The lowest BCUT2D eigenvalue weighted by Gasteiger charge is -2.01. The zero-order chi connectivity index (χ0) is 14.2. The molecule has 0 aliphatic carbocycles. The number of rotatable bonds is 3. The molecule has 0 bridgehead atoms. The lowest BCUT2D eigenvalue weighted by molar-refractivity contribution is 0.0652. The smallest absolute Gasteiger partial charge is 0.374 e. The molecule has 0 unspecified atom stereocenters. The quantitative estimate of drug-likeness (QED) is 0.919. The van der Waals surface area contributed by atoms with Crippen LogP contribution in [0.2, 0.25) is 0 Å². The van der Waals surface area contributed by atoms with Crippen molar-refractivity contribution in [1.29, 1.82) is 0 Å². The third-order valence-corrected chi connectivity index (χ3v) is 3.41. The third-order valence-electron chi connectivity index (χ3n) is 2.32. The molecule has 8 heteroatoms. The number of sulfone groups is 1. The van der Waals surface area contributed by atoms with Gasteiger partial charge in [0.1, 0.15) is 11.5 Å². The Kier molecular flexibility index (Phi) is 3.11. The molecule has 2 rings (SSSR count). The van der Waals surface area contributed by atoms with Crippen molar-refractivity contribution in [2.75, 3.05) is 6.26 Å². The van der Waals surface area contributed by atoms with E-state index in [1.54, 1.807) is 0 Å². The second-order valence-electron chi connectivity index (χ2n) is 3.83. The van der Waals surface area contributed by atoms with Gasteiger partial charge in [0.05, 0.1) is 4.90 Å². The first-order chi connectivity index (χ1) is 8.77. The van der Waals surface area contributed by atoms with Crippen LogP contribution in [0, 0.1) is 5.82 Å². The fraction of sp³-hybridized carbons (Fsp3) is 0.0909. The molecule has 6 nitrogen and oxygen atoms in total. The largest absolute Gasteiger partial charge is 0.475 e. The number of halogens is 1. The summed E-state index contributed by atoms with van der Waals surface area (Å²) in [6.07, 6.45) is 0.941. The number of aromatic nitrogens is 1. The van der Waals surface area contributed by atoms with E-state index in [1.165, 1.54) is 6.07 Å². The molecule has 0 aliphatic rings. The topological polar surface area (TPSA) is 97.5 Å². The van der Waals surface area contributed by atoms with Gasteiger partial charge in [-0.05, 0) is 18.2 Å². The number of benzene rings is 1. The van der Waals surface area contributed by atoms with Gasteiger partial charge in [-0.15, -0.1) is 0 Å². The van der Waals surface area contributed by atoms with Gasteiger partial charge in [0, 0.05) is 17.9 Å². The highest BCUT2D eigenvalue weighted by molar-refractivity contribution is 7.90. The van der Waals surface area contributed by atoms with Gasteiger partial charge in [0.2, 0.25) is 5.76 Å². The van der Waals surface area contributed by atoms with Crippen LogP contribution in [0.25, 0.3) is 11.3 Å². The van der Waals surface area contributed by atoms with Gasteiger partial charge >= 0.3 is 5.97 Å². The van der Waals surface area contributed by atoms with Crippen LogP contribution in [0.15, 0.2) is 33.7 Å². The lowest BCUT2D eigenvalue weighted by Crippen LogP contribution is -1.98. The first-order valence-electron chi connectivity index (χ1n) is 4.98. The second-order valence-corrected chi connectivity index (χ2v) is 5.85. The molecule has 0 fully saturated rings. The van der Waals surface area contributed by atoms with Crippen molar-refractivity contribution in [3.63, 3.8) is 0 Å². The molecule has 2 aromatic rings. The maximum Gasteiger partial charge on any atom is 0.374 e. The predicted molar refractivity (Wildman–Crippen MR) is 62.0 cm³/mol. The van der Waals surface area contributed by atoms with E-state index in [4.69, 9.17) is 5.11 Å². The normalized spacial score (nSPS) is 11.5. The Morgan fingerprint density at radius 3 is 2.53 bits per heavy atom. The van der Waals surface area contributed by atoms with E-state index in [1.807, 2.05) is 0 Å². The van der Waals surface area contributed by atoms with Crippen LogP contribution < -0.4 is 0 Å². The van der Waals surface area contributed by atoms with E-state index in [0.717, 1.165) is 24.5 Å². The molecule has 0 saturated carbocycles. The maximum atomic E-state index is 13.4. The summed E-state index contributed by atoms with van der Waals surface area (Å²) in [5.74, 6) is -2.50. The van der Waals surface area contributed by atoms with E-state index >= 15 is 0 Å². The average Bonchev–Trinajstić information content (AvgIpc) is 2.76. The van der Waals surface area contributed by atoms with Crippen LogP contribution in [0.3, 0.4) is 0 Å². The summed E-state index contributed by atoms with van der Waals surface area (Å²) < 4.78 is 40.6. The molecular formula is C11H8FNO5S. The predicted octanol–water partition coefficient (Wildman–Crippen LogP) is 1.58. The highest BCUT2D eigenvalue weighted by atomic mass is 32.2. The SMILES string of the molecule is CS(=O)(=O)c1cc(F)cc(-c2cc(C(=O)O)on2)c1. The van der Waals surface area contributed by atoms with E-state index in [2.05, 4.69) is 9.68 Å². The first-order valence-corrected chi connectivity index (χ1v) is 6.87. The van der Waals surface area contributed by atoms with Crippen LogP contribution in [0.4, 0.5) is 4.39 Å². The molecular weight excluding hydrogens is 277 g/mol. The van der Waals surface area contributed by atoms with Gasteiger partial charge in [-0.2, -0.15) is 0 Å². The van der Waals surface area contributed by atoms with Crippen molar-refractivity contribution in [2.24, 2.45) is 0 Å². The van der Waals surface area contributed by atoms with Gasteiger partial charge in [-0.25, -0.2) is 17.6 Å². The molecule has 100 valence electrons. The van der Waals surface area contributed by atoms with Crippen LogP contribution in [-0.4, -0.2) is 30.9 Å². The summed E-state index contributed by atoms with van der Waals surface area (Å²) in [4.78, 5) is 10.4. The Bertz CT molecular complexity index is 750. The van der Waals surface area contributed by atoms with Gasteiger partial charge in [0.25, 0.3) is 0 Å². The highest BCUT2D eigenvalue weighted by Crippen LogP contribution is 2.24. The molecule has 0 radical (unpaired) electrons. The summed E-state index contributed by atoms with van der Waals surface area (Å²) in [6, 6.07) is 4.19. The van der Waals surface area contributed by atoms with Crippen LogP contribution in [0.5, 0.6) is 0 Å². The van der Waals surface area contributed by atoms with E-state index in [-0.39, 0.29) is 16.2 Å². The minimum Gasteiger partial charge on any atom is -0.475 e. The van der Waals surface area contributed by atoms with Gasteiger partial charge < -0.3 is 9.63 Å². The number of hydrogen-bond acceptors (Lipinski definition) is 5. The van der Waals surface area contributed by atoms with E-state index < -0.39 is 27.4 Å². The zero-order valence-corrected chi connectivity index (χ0v) is 10.4. The third kappa shape index (κ3) is 2.79. The minimum absolute atomic E-state index is 0.0433. The number of aromatic carboxylic acids is 1. The summed E-state index contributed by atoms with van der Waals surface area (Å²) in [5.41, 5.74) is 0.165. The molecule has 1 N–H and O–H groups in total. The number of carboxylic acid groups (broad SMARTS) is 1. The summed E-state index contributed by atoms with van der Waals surface area (Å²) in [7, 11) is -3.58. The van der Waals surface area contributed by atoms with Crippen LogP contribution in [-0.2, 0) is 9.84 Å². The van der Waals surface area contributed by atoms with Crippen molar-refractivity contribution in [3.8, 4) is 11.3 Å². The summed E-state index contributed by atoms with van der Waals surface area (Å²) >= 11 is 0. The number of carbonyl (C=O) groups is 1. The van der Waals surface area contributed by atoms with E-state index in [9.17, 15) is 17.6 Å². The molecule has 1 aromatic carbocycles. The van der Waals surface area contributed by atoms with Crippen molar-refractivity contribution < 1.29 is 27.2 Å². The Labute approximate surface area is 107 Å². The standard InChI is InChI=1S/C11H8FNO5S/c1-19(16,17)8-3-6(2-7(12)4-8)9-5-10(11(14)15)18-13-9/h2-5H,1H3,(H,14,15). The maximum absolute atomic E-state index is 13.4. The van der Waals surface area contributed by atoms with Crippen molar-refractivity contribution >= 4 is 15.8 Å². The molecule has 0 atom stereocenters. The van der Waals surface area contributed by atoms with Gasteiger partial charge in [-0.1, -0.05) is 5.16 Å². The Balaban J connectivity index is 2.56.